The molecule has 2 aliphatic heterocycles. The van der Waals surface area contributed by atoms with E-state index in [1.165, 1.54) is 9.80 Å². The summed E-state index contributed by atoms with van der Waals surface area (Å²) in [4.78, 5) is 27.8. The van der Waals surface area contributed by atoms with Crippen LogP contribution in [0.25, 0.3) is 0 Å². The third-order valence-corrected chi connectivity index (χ3v) is 5.36. The van der Waals surface area contributed by atoms with Gasteiger partial charge in [0.15, 0.2) is 6.04 Å². The maximum absolute atomic E-state index is 12.7. The summed E-state index contributed by atoms with van der Waals surface area (Å²) in [6.07, 6.45) is 2.73. The lowest BCUT2D eigenvalue weighted by Crippen LogP contribution is -3.16. The van der Waals surface area contributed by atoms with Gasteiger partial charge in [-0.05, 0) is 30.7 Å². The van der Waals surface area contributed by atoms with Crippen molar-refractivity contribution in [3.8, 4) is 5.75 Å². The fraction of sp³-hybridized carbons (Fsp3) is 0.600. The van der Waals surface area contributed by atoms with E-state index in [0.717, 1.165) is 51.2 Å². The number of carbonyl (C=O) groups excluding carboxylic acids is 2. The number of anilines is 1. The Balaban J connectivity index is 1.50. The number of rotatable bonds is 8. The summed E-state index contributed by atoms with van der Waals surface area (Å²) in [6.45, 7) is 6.41. The van der Waals surface area contributed by atoms with Crippen molar-refractivity contribution in [3.63, 3.8) is 0 Å². The molecule has 0 spiro atoms. The number of piperidine rings is 1. The van der Waals surface area contributed by atoms with Gasteiger partial charge in [0, 0.05) is 12.8 Å². The molecule has 2 aliphatic rings. The number of benzene rings is 1. The average molecular weight is 377 g/mol. The minimum absolute atomic E-state index is 0.133. The van der Waals surface area contributed by atoms with E-state index in [9.17, 15) is 14.7 Å². The zero-order valence-corrected chi connectivity index (χ0v) is 16.0. The number of aliphatic hydroxyl groups excluding tert-OH is 1. The molecule has 0 saturated carbocycles. The van der Waals surface area contributed by atoms with Crippen molar-refractivity contribution in [2.75, 3.05) is 37.7 Å². The van der Waals surface area contributed by atoms with Crippen LogP contribution in [0.1, 0.15) is 32.6 Å². The van der Waals surface area contributed by atoms with E-state index in [-0.39, 0.29) is 30.4 Å². The molecular weight excluding hydrogens is 346 g/mol. The lowest BCUT2D eigenvalue weighted by molar-refractivity contribution is -0.918. The van der Waals surface area contributed by atoms with Crippen LogP contribution in [0.5, 0.6) is 5.75 Å². The van der Waals surface area contributed by atoms with Crippen molar-refractivity contribution in [2.45, 2.75) is 44.8 Å². The molecule has 1 aromatic carbocycles. The van der Waals surface area contributed by atoms with Gasteiger partial charge in [-0.15, -0.1) is 0 Å². The van der Waals surface area contributed by atoms with Crippen molar-refractivity contribution in [1.82, 2.24) is 0 Å². The smallest absolute Gasteiger partial charge is 0.292 e. The lowest BCUT2D eigenvalue weighted by atomic mass is 10.1. The summed E-state index contributed by atoms with van der Waals surface area (Å²) in [5, 5.41) is 11.6. The monoisotopic (exact) mass is 377 g/mol. The van der Waals surface area contributed by atoms with Gasteiger partial charge in [-0.1, -0.05) is 6.92 Å². The molecule has 2 heterocycles. The van der Waals surface area contributed by atoms with E-state index in [1.54, 1.807) is 24.3 Å². The van der Waals surface area contributed by atoms with Crippen LogP contribution < -0.4 is 19.9 Å². The van der Waals surface area contributed by atoms with Crippen LogP contribution in [0.3, 0.4) is 0 Å². The summed E-state index contributed by atoms with van der Waals surface area (Å²) in [6, 6.07) is 6.81. The molecule has 4 N–H and O–H groups in total. The Kier molecular flexibility index (Phi) is 6.82. The molecular formula is C20H31N3O4+2. The highest BCUT2D eigenvalue weighted by Gasteiger charge is 2.42. The van der Waals surface area contributed by atoms with Crippen LogP contribution in [0.2, 0.25) is 0 Å². The minimum atomic E-state index is -0.330. The predicted molar refractivity (Wildman–Crippen MR) is 101 cm³/mol. The van der Waals surface area contributed by atoms with Gasteiger partial charge in [-0.2, -0.15) is 0 Å². The third-order valence-electron chi connectivity index (χ3n) is 5.36. The van der Waals surface area contributed by atoms with Crippen molar-refractivity contribution >= 4 is 17.5 Å². The summed E-state index contributed by atoms with van der Waals surface area (Å²) < 4.78 is 5.55. The van der Waals surface area contributed by atoms with Crippen molar-refractivity contribution in [3.05, 3.63) is 24.3 Å². The van der Waals surface area contributed by atoms with Gasteiger partial charge < -0.3 is 20.1 Å². The first-order chi connectivity index (χ1) is 13.1. The Labute approximate surface area is 160 Å². The summed E-state index contributed by atoms with van der Waals surface area (Å²) in [7, 11) is 0. The van der Waals surface area contributed by atoms with Crippen LogP contribution in [-0.4, -0.2) is 61.9 Å². The highest BCUT2D eigenvalue weighted by atomic mass is 16.5. The number of hydrogen-bond acceptors (Lipinski definition) is 4. The van der Waals surface area contributed by atoms with Gasteiger partial charge in [0.2, 0.25) is 5.91 Å². The van der Waals surface area contributed by atoms with Crippen LogP contribution in [0.15, 0.2) is 24.3 Å². The van der Waals surface area contributed by atoms with Gasteiger partial charge >= 0.3 is 0 Å². The van der Waals surface area contributed by atoms with Gasteiger partial charge in [-0.3, -0.25) is 9.59 Å². The highest BCUT2D eigenvalue weighted by molar-refractivity contribution is 6.21. The zero-order valence-electron chi connectivity index (χ0n) is 16.0. The zero-order chi connectivity index (χ0) is 19.2. The molecule has 0 aromatic heterocycles. The Bertz CT molecular complexity index is 641. The summed E-state index contributed by atoms with van der Waals surface area (Å²) in [5.41, 5.74) is 0.611. The fourth-order valence-electron chi connectivity index (χ4n) is 3.77. The number of ether oxygens (including phenoxy) is 1. The molecule has 7 heteroatoms. The quantitative estimate of drug-likeness (QED) is 0.492. The number of likely N-dealkylation sites (tertiary alicyclic amines) is 1. The largest absolute Gasteiger partial charge is 0.494 e. The molecule has 1 atom stereocenters. The maximum Gasteiger partial charge on any atom is 0.292 e. The predicted octanol–water partition coefficient (Wildman–Crippen LogP) is -1.29. The number of nitrogens with zero attached hydrogens (tertiary/aromatic N) is 1. The molecule has 2 fully saturated rings. The molecule has 2 saturated heterocycles. The van der Waals surface area contributed by atoms with E-state index < -0.39 is 0 Å². The average Bonchev–Trinajstić information content (AvgIpc) is 2.96. The lowest BCUT2D eigenvalue weighted by Gasteiger charge is -2.26. The van der Waals surface area contributed by atoms with Gasteiger partial charge in [0.05, 0.1) is 37.9 Å². The topological polar surface area (TPSA) is 87.9 Å². The van der Waals surface area contributed by atoms with E-state index in [2.05, 4.69) is 0 Å². The van der Waals surface area contributed by atoms with Crippen LogP contribution in [0, 0.1) is 0 Å². The molecule has 27 heavy (non-hydrogen) atoms. The summed E-state index contributed by atoms with van der Waals surface area (Å²) >= 11 is 0. The number of nitrogens with one attached hydrogen (secondary N) is 1. The van der Waals surface area contributed by atoms with Gasteiger partial charge in [0.25, 0.3) is 5.91 Å². The second kappa shape index (κ2) is 9.30. The Morgan fingerprint density at radius 3 is 2.59 bits per heavy atom. The van der Waals surface area contributed by atoms with Crippen LogP contribution >= 0.6 is 0 Å². The summed E-state index contributed by atoms with van der Waals surface area (Å²) in [5.74, 6) is 0.473. The maximum atomic E-state index is 12.7. The number of imide groups is 1. The molecule has 0 radical (unpaired) electrons. The third kappa shape index (κ3) is 5.06. The number of aliphatic hydroxyl groups is 1. The van der Waals surface area contributed by atoms with E-state index in [4.69, 9.17) is 4.74 Å². The van der Waals surface area contributed by atoms with E-state index in [1.807, 2.05) is 12.2 Å². The standard InChI is InChI=1S/C20H29N3O4/c1-2-13-27-17-5-3-15(4-6-17)23-19(25)14-18(20(23)26)21-9-12-22-10-7-16(24)8-11-22/h3-6,16,18,21,24H,2,7-14H2,1H3/p+2/t18-/m0/s1. The Morgan fingerprint density at radius 2 is 1.93 bits per heavy atom. The molecule has 3 rings (SSSR count). The van der Waals surface area contributed by atoms with E-state index in [0.29, 0.717) is 12.3 Å². The second-order valence-corrected chi connectivity index (χ2v) is 7.48. The van der Waals surface area contributed by atoms with Gasteiger partial charge in [-0.25, -0.2) is 4.90 Å². The molecule has 0 aliphatic carbocycles. The first-order valence-corrected chi connectivity index (χ1v) is 10.0. The number of carbonyl (C=O) groups is 2. The van der Waals surface area contributed by atoms with Crippen LogP contribution in [0.4, 0.5) is 5.69 Å². The molecule has 7 nitrogen and oxygen atoms in total. The number of nitrogens with two attached hydrogens (primary N) is 1. The van der Waals surface area contributed by atoms with Crippen LogP contribution in [-0.2, 0) is 9.59 Å². The second-order valence-electron chi connectivity index (χ2n) is 7.48. The highest BCUT2D eigenvalue weighted by Crippen LogP contribution is 2.24. The van der Waals surface area contributed by atoms with Gasteiger partial charge in [0.1, 0.15) is 18.8 Å². The van der Waals surface area contributed by atoms with E-state index >= 15 is 0 Å². The van der Waals surface area contributed by atoms with Crippen molar-refractivity contribution < 1.29 is 29.6 Å². The Morgan fingerprint density at radius 1 is 1.22 bits per heavy atom. The molecule has 0 bridgehead atoms. The van der Waals surface area contributed by atoms with Crippen molar-refractivity contribution in [1.29, 1.82) is 0 Å². The van der Waals surface area contributed by atoms with Crippen molar-refractivity contribution in [2.24, 2.45) is 0 Å². The SMILES string of the molecule is CCCOc1ccc(N2C(=O)C[C@H]([NH2+]CC[NH+]3CCC(O)CC3)C2=O)cc1. The molecule has 0 unspecified atom stereocenters. The molecule has 1 aromatic rings. The number of amides is 2. The minimum Gasteiger partial charge on any atom is -0.494 e. The number of hydrogen-bond donors (Lipinski definition) is 3. The molecule has 2 amide bonds. The normalized spacial score (nSPS) is 25.9. The molecule has 148 valence electrons. The number of quaternary nitrogens is 2. The fourth-order valence-corrected chi connectivity index (χ4v) is 3.77. The Hall–Kier alpha value is -1.96. The first-order valence-electron chi connectivity index (χ1n) is 10.0. The first kappa shape index (κ1) is 19.8.